The van der Waals surface area contributed by atoms with Gasteiger partial charge in [0.05, 0.1) is 6.61 Å². The van der Waals surface area contributed by atoms with Crippen LogP contribution in [0, 0.1) is 0 Å². The van der Waals surface area contributed by atoms with Gasteiger partial charge in [-0.1, -0.05) is 73.7 Å². The number of rotatable bonds is 5. The lowest BCUT2D eigenvalue weighted by molar-refractivity contribution is 0.324. The van der Waals surface area contributed by atoms with Crippen LogP contribution in [0.1, 0.15) is 30.4 Å². The number of hydrogen-bond donors (Lipinski definition) is 1. The Morgan fingerprint density at radius 2 is 1.42 bits per heavy atom. The highest BCUT2D eigenvalue weighted by Crippen LogP contribution is 2.31. The average Bonchev–Trinajstić information content (AvgIpc) is 2.49. The third-order valence-electron chi connectivity index (χ3n) is 3.29. The van der Waals surface area contributed by atoms with Gasteiger partial charge in [0.1, 0.15) is 0 Å². The molecule has 0 saturated heterocycles. The molecule has 0 radical (unpaired) electrons. The van der Waals surface area contributed by atoms with Crippen LogP contribution in [0.2, 0.25) is 0 Å². The van der Waals surface area contributed by atoms with E-state index in [2.05, 4.69) is 37.3 Å². The van der Waals surface area contributed by atoms with E-state index in [9.17, 15) is 5.11 Å². The number of hydrogen-bond acceptors (Lipinski definition) is 1. The zero-order valence-electron chi connectivity index (χ0n) is 11.3. The van der Waals surface area contributed by atoms with Crippen molar-refractivity contribution in [1.82, 2.24) is 0 Å². The highest BCUT2D eigenvalue weighted by atomic mass is 16.3. The Hall–Kier alpha value is -1.86. The van der Waals surface area contributed by atoms with E-state index in [1.807, 2.05) is 36.4 Å². The third-order valence-corrected chi connectivity index (χ3v) is 3.29. The first-order valence-electron chi connectivity index (χ1n) is 6.76. The second-order valence-electron chi connectivity index (χ2n) is 4.60. The van der Waals surface area contributed by atoms with Gasteiger partial charge in [-0.15, -0.1) is 0 Å². The summed E-state index contributed by atoms with van der Waals surface area (Å²) in [6, 6.07) is 20.7. The highest BCUT2D eigenvalue weighted by Gasteiger charge is 2.17. The van der Waals surface area contributed by atoms with Crippen molar-refractivity contribution < 1.29 is 5.11 Å². The lowest BCUT2D eigenvalue weighted by Gasteiger charge is -2.20. The number of benzene rings is 2. The molecular formula is C18H20O. The van der Waals surface area contributed by atoms with Crippen molar-refractivity contribution in [2.24, 2.45) is 0 Å². The second kappa shape index (κ2) is 6.91. The van der Waals surface area contributed by atoms with Crippen LogP contribution >= 0.6 is 0 Å². The van der Waals surface area contributed by atoms with Gasteiger partial charge in [-0.25, -0.2) is 0 Å². The Morgan fingerprint density at radius 3 is 1.79 bits per heavy atom. The first kappa shape index (κ1) is 13.6. The smallest absolute Gasteiger partial charge is 0.0651 e. The van der Waals surface area contributed by atoms with Gasteiger partial charge in [0, 0.05) is 5.92 Å². The first-order valence-corrected chi connectivity index (χ1v) is 6.76. The molecule has 1 N–H and O–H groups in total. The summed E-state index contributed by atoms with van der Waals surface area (Å²) in [4.78, 5) is 0. The molecule has 2 aromatic rings. The van der Waals surface area contributed by atoms with Crippen molar-refractivity contribution in [2.75, 3.05) is 6.61 Å². The van der Waals surface area contributed by atoms with Gasteiger partial charge < -0.3 is 5.11 Å². The van der Waals surface area contributed by atoms with Crippen LogP contribution in [-0.2, 0) is 0 Å². The molecule has 0 aliphatic carbocycles. The monoisotopic (exact) mass is 252 g/mol. The molecule has 0 atom stereocenters. The molecule has 0 aliphatic heterocycles. The van der Waals surface area contributed by atoms with Crippen molar-refractivity contribution in [3.05, 3.63) is 83.4 Å². The largest absolute Gasteiger partial charge is 0.392 e. The highest BCUT2D eigenvalue weighted by molar-refractivity contribution is 5.41. The zero-order chi connectivity index (χ0) is 13.5. The van der Waals surface area contributed by atoms with Crippen LogP contribution < -0.4 is 0 Å². The van der Waals surface area contributed by atoms with E-state index in [-0.39, 0.29) is 12.5 Å². The molecule has 2 aromatic carbocycles. The first-order chi connectivity index (χ1) is 9.36. The Bertz CT molecular complexity index is 474. The average molecular weight is 252 g/mol. The zero-order valence-corrected chi connectivity index (χ0v) is 11.3. The molecule has 98 valence electrons. The minimum absolute atomic E-state index is 0.0995. The van der Waals surface area contributed by atoms with Crippen molar-refractivity contribution >= 4 is 0 Å². The topological polar surface area (TPSA) is 20.2 Å². The van der Waals surface area contributed by atoms with Crippen LogP contribution in [0.5, 0.6) is 0 Å². The number of aliphatic hydroxyl groups is 1. The van der Waals surface area contributed by atoms with Crippen LogP contribution in [0.4, 0.5) is 0 Å². The third kappa shape index (κ3) is 3.33. The Balaban J connectivity index is 2.48. The molecule has 0 aromatic heterocycles. The van der Waals surface area contributed by atoms with Crippen LogP contribution in [0.3, 0.4) is 0 Å². The summed E-state index contributed by atoms with van der Waals surface area (Å²) >= 11 is 0. The summed E-state index contributed by atoms with van der Waals surface area (Å²) in [5, 5.41) is 9.68. The molecule has 0 fully saturated rings. The van der Waals surface area contributed by atoms with E-state index < -0.39 is 0 Å². The standard InChI is InChI=1S/C18H20O/c1-2-9-17(14-19)18(15-10-5-3-6-11-15)16-12-7-4-8-13-16/h3-13,18-19H,2,14H2,1H3. The fraction of sp³-hybridized carbons (Fsp3) is 0.222. The van der Waals surface area contributed by atoms with Gasteiger partial charge in [-0.05, 0) is 23.1 Å². The summed E-state index contributed by atoms with van der Waals surface area (Å²) < 4.78 is 0. The molecule has 0 heterocycles. The van der Waals surface area contributed by atoms with Gasteiger partial charge in [-0.2, -0.15) is 0 Å². The van der Waals surface area contributed by atoms with E-state index in [0.717, 1.165) is 12.0 Å². The molecule has 0 unspecified atom stereocenters. The molecule has 0 aliphatic rings. The van der Waals surface area contributed by atoms with Gasteiger partial charge >= 0.3 is 0 Å². The van der Waals surface area contributed by atoms with Gasteiger partial charge in [0.2, 0.25) is 0 Å². The van der Waals surface area contributed by atoms with E-state index in [1.165, 1.54) is 11.1 Å². The SMILES string of the molecule is CCC=C(CO)C(c1ccccc1)c1ccccc1. The number of allylic oxidation sites excluding steroid dienone is 1. The van der Waals surface area contributed by atoms with Crippen molar-refractivity contribution in [1.29, 1.82) is 0 Å². The maximum atomic E-state index is 9.68. The Labute approximate surface area is 115 Å². The fourth-order valence-corrected chi connectivity index (χ4v) is 2.45. The maximum absolute atomic E-state index is 9.68. The summed E-state index contributed by atoms with van der Waals surface area (Å²) in [5.74, 6) is 0.146. The number of aliphatic hydroxyl groups excluding tert-OH is 1. The van der Waals surface area contributed by atoms with Crippen LogP contribution in [-0.4, -0.2) is 11.7 Å². The van der Waals surface area contributed by atoms with Crippen LogP contribution in [0.15, 0.2) is 72.3 Å². The molecule has 1 nitrogen and oxygen atoms in total. The second-order valence-corrected chi connectivity index (χ2v) is 4.60. The van der Waals surface area contributed by atoms with Crippen molar-refractivity contribution in [3.8, 4) is 0 Å². The minimum atomic E-state index is 0.0995. The van der Waals surface area contributed by atoms with Gasteiger partial charge in [0.25, 0.3) is 0 Å². The predicted octanol–water partition coefficient (Wildman–Crippen LogP) is 4.15. The van der Waals surface area contributed by atoms with E-state index in [0.29, 0.717) is 0 Å². The molecule has 19 heavy (non-hydrogen) atoms. The molecular weight excluding hydrogens is 232 g/mol. The molecule has 2 rings (SSSR count). The minimum Gasteiger partial charge on any atom is -0.392 e. The normalized spacial score (nSPS) is 11.8. The van der Waals surface area contributed by atoms with Crippen molar-refractivity contribution in [3.63, 3.8) is 0 Å². The Morgan fingerprint density at radius 1 is 0.947 bits per heavy atom. The van der Waals surface area contributed by atoms with Gasteiger partial charge in [0.15, 0.2) is 0 Å². The molecule has 1 heteroatoms. The maximum Gasteiger partial charge on any atom is 0.0651 e. The predicted molar refractivity (Wildman–Crippen MR) is 80.2 cm³/mol. The summed E-state index contributed by atoms with van der Waals surface area (Å²) in [5.41, 5.74) is 3.52. The van der Waals surface area contributed by atoms with E-state index >= 15 is 0 Å². The molecule has 0 amide bonds. The fourth-order valence-electron chi connectivity index (χ4n) is 2.45. The lowest BCUT2D eigenvalue weighted by Crippen LogP contribution is -2.08. The lowest BCUT2D eigenvalue weighted by atomic mass is 9.84. The van der Waals surface area contributed by atoms with E-state index in [4.69, 9.17) is 0 Å². The van der Waals surface area contributed by atoms with Crippen LogP contribution in [0.25, 0.3) is 0 Å². The van der Waals surface area contributed by atoms with Gasteiger partial charge in [-0.3, -0.25) is 0 Å². The Kier molecular flexibility index (Phi) is 4.93. The molecule has 0 bridgehead atoms. The summed E-state index contributed by atoms with van der Waals surface area (Å²) in [6.07, 6.45) is 3.07. The van der Waals surface area contributed by atoms with E-state index in [1.54, 1.807) is 0 Å². The van der Waals surface area contributed by atoms with Crippen molar-refractivity contribution in [2.45, 2.75) is 19.3 Å². The molecule has 0 spiro atoms. The summed E-state index contributed by atoms with van der Waals surface area (Å²) in [6.45, 7) is 2.20. The quantitative estimate of drug-likeness (QED) is 0.793. The molecule has 0 saturated carbocycles. The summed E-state index contributed by atoms with van der Waals surface area (Å²) in [7, 11) is 0.